The second-order valence-corrected chi connectivity index (χ2v) is 5.75. The number of carboxylic acids is 1. The Morgan fingerprint density at radius 2 is 2.24 bits per heavy atom. The Kier molecular flexibility index (Phi) is 4.45. The van der Waals surface area contributed by atoms with E-state index in [0.717, 1.165) is 6.26 Å². The predicted octanol–water partition coefficient (Wildman–Crippen LogP) is 0.593. The Hall–Kier alpha value is -1.63. The van der Waals surface area contributed by atoms with Gasteiger partial charge in [-0.05, 0) is 18.6 Å². The van der Waals surface area contributed by atoms with Gasteiger partial charge in [0.25, 0.3) is 0 Å². The summed E-state index contributed by atoms with van der Waals surface area (Å²) in [5, 5.41) is 8.81. The van der Waals surface area contributed by atoms with E-state index in [0.29, 0.717) is 6.42 Å². The molecular weight excluding hydrogens is 246 g/mol. The first-order valence-electron chi connectivity index (χ1n) is 4.89. The van der Waals surface area contributed by atoms with E-state index >= 15 is 0 Å². The van der Waals surface area contributed by atoms with Gasteiger partial charge in [-0.2, -0.15) is 0 Å². The second-order valence-electron chi connectivity index (χ2n) is 3.49. The fraction of sp³-hybridized carbons (Fsp3) is 0.400. The van der Waals surface area contributed by atoms with Gasteiger partial charge < -0.3 is 9.84 Å². The summed E-state index contributed by atoms with van der Waals surface area (Å²) in [6.07, 6.45) is 2.80. The number of aromatic nitrogens is 1. The van der Waals surface area contributed by atoms with E-state index in [1.165, 1.54) is 12.3 Å². The van der Waals surface area contributed by atoms with Crippen LogP contribution in [0.15, 0.2) is 18.3 Å². The van der Waals surface area contributed by atoms with Crippen LogP contribution in [0.1, 0.15) is 16.9 Å². The molecular formula is C10H13NO5S. The van der Waals surface area contributed by atoms with Crippen LogP contribution in [0.5, 0.6) is 5.75 Å². The topological polar surface area (TPSA) is 93.6 Å². The molecule has 94 valence electrons. The van der Waals surface area contributed by atoms with Gasteiger partial charge in [-0.15, -0.1) is 0 Å². The minimum Gasteiger partial charge on any atom is -0.491 e. The van der Waals surface area contributed by atoms with Gasteiger partial charge in [-0.1, -0.05) is 0 Å². The number of ether oxygens (including phenoxy) is 1. The Balaban J connectivity index is 2.55. The molecule has 1 heterocycles. The lowest BCUT2D eigenvalue weighted by molar-refractivity contribution is 0.0685. The molecule has 0 aliphatic rings. The highest BCUT2D eigenvalue weighted by atomic mass is 32.2. The molecule has 0 saturated carbocycles. The van der Waals surface area contributed by atoms with Crippen LogP contribution in [0.25, 0.3) is 0 Å². The summed E-state index contributed by atoms with van der Waals surface area (Å²) in [4.78, 5) is 14.4. The van der Waals surface area contributed by atoms with Gasteiger partial charge in [0.1, 0.15) is 9.84 Å². The molecule has 0 bridgehead atoms. The van der Waals surface area contributed by atoms with Crippen LogP contribution in [0.2, 0.25) is 0 Å². The average Bonchev–Trinajstić information content (AvgIpc) is 2.23. The van der Waals surface area contributed by atoms with Crippen LogP contribution in [0.3, 0.4) is 0 Å². The van der Waals surface area contributed by atoms with Crippen LogP contribution in [0.4, 0.5) is 0 Å². The summed E-state index contributed by atoms with van der Waals surface area (Å²) in [7, 11) is -3.02. The maximum atomic E-state index is 10.9. The summed E-state index contributed by atoms with van der Waals surface area (Å²) < 4.78 is 26.9. The molecule has 0 radical (unpaired) electrons. The van der Waals surface area contributed by atoms with Gasteiger partial charge in [0.05, 0.1) is 12.4 Å². The molecule has 1 aromatic rings. The Morgan fingerprint density at radius 1 is 1.53 bits per heavy atom. The van der Waals surface area contributed by atoms with Gasteiger partial charge in [0.15, 0.2) is 11.4 Å². The van der Waals surface area contributed by atoms with E-state index in [4.69, 9.17) is 9.84 Å². The van der Waals surface area contributed by atoms with Gasteiger partial charge in [-0.3, -0.25) is 0 Å². The van der Waals surface area contributed by atoms with Crippen molar-refractivity contribution in [1.82, 2.24) is 4.98 Å². The van der Waals surface area contributed by atoms with Crippen molar-refractivity contribution in [1.29, 1.82) is 0 Å². The molecule has 0 saturated heterocycles. The molecule has 0 fully saturated rings. The number of hydrogen-bond donors (Lipinski definition) is 1. The number of sulfone groups is 1. The first-order valence-corrected chi connectivity index (χ1v) is 6.95. The Bertz CT molecular complexity index is 497. The van der Waals surface area contributed by atoms with Gasteiger partial charge in [0.2, 0.25) is 0 Å². The summed E-state index contributed by atoms with van der Waals surface area (Å²) >= 11 is 0. The molecule has 1 aromatic heterocycles. The second kappa shape index (κ2) is 5.62. The van der Waals surface area contributed by atoms with E-state index < -0.39 is 15.8 Å². The molecule has 17 heavy (non-hydrogen) atoms. The monoisotopic (exact) mass is 259 g/mol. The van der Waals surface area contributed by atoms with Crippen molar-refractivity contribution in [2.45, 2.75) is 6.42 Å². The standard InChI is InChI=1S/C10H13NO5S/c1-17(14,15)7-3-6-16-8-4-2-5-11-9(8)10(12)13/h2,4-5H,3,6-7H2,1H3,(H,12,13). The minimum atomic E-state index is -3.02. The highest BCUT2D eigenvalue weighted by Gasteiger charge is 2.12. The highest BCUT2D eigenvalue weighted by Crippen LogP contribution is 2.15. The first-order chi connectivity index (χ1) is 7.90. The zero-order chi connectivity index (χ0) is 12.9. The quantitative estimate of drug-likeness (QED) is 0.751. The van der Waals surface area contributed by atoms with Gasteiger partial charge >= 0.3 is 5.97 Å². The third-order valence-corrected chi connectivity index (χ3v) is 2.92. The first kappa shape index (κ1) is 13.4. The van der Waals surface area contributed by atoms with Crippen molar-refractivity contribution in [3.05, 3.63) is 24.0 Å². The minimum absolute atomic E-state index is 0.00959. The molecule has 7 heteroatoms. The predicted molar refractivity (Wildman–Crippen MR) is 61.0 cm³/mol. The fourth-order valence-electron chi connectivity index (χ4n) is 1.17. The normalized spacial score (nSPS) is 11.1. The van der Waals surface area contributed by atoms with Crippen molar-refractivity contribution < 1.29 is 23.1 Å². The number of aromatic carboxylic acids is 1. The molecule has 0 amide bonds. The number of hydrogen-bond acceptors (Lipinski definition) is 5. The third kappa shape index (κ3) is 4.81. The van der Waals surface area contributed by atoms with E-state index in [9.17, 15) is 13.2 Å². The van der Waals surface area contributed by atoms with Crippen molar-refractivity contribution >= 4 is 15.8 Å². The third-order valence-electron chi connectivity index (χ3n) is 1.89. The number of pyridine rings is 1. The lowest BCUT2D eigenvalue weighted by Crippen LogP contribution is -2.10. The summed E-state index contributed by atoms with van der Waals surface area (Å²) in [5.41, 5.74) is -0.174. The van der Waals surface area contributed by atoms with Crippen LogP contribution in [-0.2, 0) is 9.84 Å². The average molecular weight is 259 g/mol. The molecule has 0 aliphatic heterocycles. The van der Waals surface area contributed by atoms with Crippen LogP contribution < -0.4 is 4.74 Å². The van der Waals surface area contributed by atoms with E-state index in [1.54, 1.807) is 6.07 Å². The molecule has 0 unspecified atom stereocenters. The summed E-state index contributed by atoms with van der Waals surface area (Å²) in [6, 6.07) is 3.04. The Morgan fingerprint density at radius 3 is 2.82 bits per heavy atom. The number of carbonyl (C=O) groups is 1. The molecule has 1 N–H and O–H groups in total. The number of rotatable bonds is 6. The number of carboxylic acid groups (broad SMARTS) is 1. The number of nitrogens with zero attached hydrogens (tertiary/aromatic N) is 1. The van der Waals surface area contributed by atoms with Crippen LogP contribution in [-0.4, -0.2) is 43.1 Å². The molecule has 0 spiro atoms. The van der Waals surface area contributed by atoms with Crippen molar-refractivity contribution in [2.24, 2.45) is 0 Å². The van der Waals surface area contributed by atoms with Crippen LogP contribution in [0, 0.1) is 0 Å². The Labute approximate surface area is 99.2 Å². The van der Waals surface area contributed by atoms with E-state index in [1.807, 2.05) is 0 Å². The molecule has 0 atom stereocenters. The molecule has 0 aliphatic carbocycles. The molecule has 1 rings (SSSR count). The largest absolute Gasteiger partial charge is 0.491 e. The van der Waals surface area contributed by atoms with Gasteiger partial charge in [0, 0.05) is 12.5 Å². The van der Waals surface area contributed by atoms with Crippen molar-refractivity contribution in [2.75, 3.05) is 18.6 Å². The van der Waals surface area contributed by atoms with E-state index in [2.05, 4.69) is 4.98 Å². The lowest BCUT2D eigenvalue weighted by Gasteiger charge is -2.07. The smallest absolute Gasteiger partial charge is 0.358 e. The zero-order valence-electron chi connectivity index (χ0n) is 9.29. The van der Waals surface area contributed by atoms with Crippen LogP contribution >= 0.6 is 0 Å². The SMILES string of the molecule is CS(=O)(=O)CCCOc1cccnc1C(=O)O. The summed E-state index contributed by atoms with van der Waals surface area (Å²) in [5.74, 6) is -1.02. The van der Waals surface area contributed by atoms with E-state index in [-0.39, 0.29) is 23.8 Å². The van der Waals surface area contributed by atoms with Crippen molar-refractivity contribution in [3.63, 3.8) is 0 Å². The maximum absolute atomic E-state index is 10.9. The zero-order valence-corrected chi connectivity index (χ0v) is 10.1. The lowest BCUT2D eigenvalue weighted by atomic mass is 10.3. The molecule has 0 aromatic carbocycles. The maximum Gasteiger partial charge on any atom is 0.358 e. The van der Waals surface area contributed by atoms with Crippen molar-refractivity contribution in [3.8, 4) is 5.75 Å². The van der Waals surface area contributed by atoms with Gasteiger partial charge in [-0.25, -0.2) is 18.2 Å². The molecule has 6 nitrogen and oxygen atoms in total. The summed E-state index contributed by atoms with van der Waals surface area (Å²) in [6.45, 7) is 0.138. The highest BCUT2D eigenvalue weighted by molar-refractivity contribution is 7.90. The fourth-order valence-corrected chi connectivity index (χ4v) is 1.81.